The molecule has 47 valence electrons. The number of carbonyl (C=O) groups excluding carboxylic acids is 1. The van der Waals surface area contributed by atoms with Gasteiger partial charge in [-0.15, -0.1) is 0 Å². The molecule has 0 aliphatic carbocycles. The molecule has 3 heteroatoms. The average Bonchev–Trinajstić information content (AvgIpc) is 1.81. The highest BCUT2D eigenvalue weighted by atomic mass is 16.7. The second kappa shape index (κ2) is 6.59. The van der Waals surface area contributed by atoms with Crippen LogP contribution in [0.2, 0.25) is 0 Å². The summed E-state index contributed by atoms with van der Waals surface area (Å²) < 4.78 is 9.27. The second-order valence-electron chi connectivity index (χ2n) is 1.21. The van der Waals surface area contributed by atoms with E-state index in [1.807, 2.05) is 0 Å². The molecule has 3 nitrogen and oxygen atoms in total. The summed E-state index contributed by atoms with van der Waals surface area (Å²) in [5.74, 6) is 0. The van der Waals surface area contributed by atoms with Gasteiger partial charge >= 0.3 is 0 Å². The quantitative estimate of drug-likeness (QED) is 0.378. The van der Waals surface area contributed by atoms with Crippen molar-refractivity contribution in [3.8, 4) is 0 Å². The average molecular weight is 117 g/mol. The lowest BCUT2D eigenvalue weighted by Crippen LogP contribution is -1.98. The van der Waals surface area contributed by atoms with E-state index in [0.717, 1.165) is 0 Å². The first kappa shape index (κ1) is 7.59. The molecular formula is C5H9O3. The van der Waals surface area contributed by atoms with E-state index >= 15 is 0 Å². The Kier molecular flexibility index (Phi) is 6.25. The van der Waals surface area contributed by atoms with Crippen LogP contribution in [0.5, 0.6) is 0 Å². The predicted octanol–water partition coefficient (Wildman–Crippen LogP) is 0.107. The summed E-state index contributed by atoms with van der Waals surface area (Å²) in [4.78, 5) is 9.52. The third-order valence-electron chi connectivity index (χ3n) is 0.550. The highest BCUT2D eigenvalue weighted by molar-refractivity contribution is 5.50. The number of ether oxygens (including phenoxy) is 2. The number of hydrogen-bond acceptors (Lipinski definition) is 3. The fourth-order valence-electron chi connectivity index (χ4n) is 0.256. The first-order valence-electron chi connectivity index (χ1n) is 2.33. The highest BCUT2D eigenvalue weighted by Gasteiger charge is 1.82. The minimum absolute atomic E-state index is 0.252. The monoisotopic (exact) mass is 117 g/mol. The van der Waals surface area contributed by atoms with Crippen molar-refractivity contribution in [1.29, 1.82) is 0 Å². The molecule has 0 amide bonds. The molecule has 0 heterocycles. The summed E-state index contributed by atoms with van der Waals surface area (Å²) >= 11 is 0. The predicted molar refractivity (Wildman–Crippen MR) is 28.1 cm³/mol. The van der Waals surface area contributed by atoms with E-state index in [0.29, 0.717) is 13.0 Å². The normalized spacial score (nSPS) is 9.12. The maximum Gasteiger partial charge on any atom is 0.200 e. The summed E-state index contributed by atoms with van der Waals surface area (Å²) in [6, 6.07) is 0. The van der Waals surface area contributed by atoms with Crippen molar-refractivity contribution < 1.29 is 14.3 Å². The van der Waals surface area contributed by atoms with Gasteiger partial charge in [0.25, 0.3) is 0 Å². The van der Waals surface area contributed by atoms with Crippen LogP contribution in [0.25, 0.3) is 0 Å². The van der Waals surface area contributed by atoms with E-state index in [1.165, 1.54) is 7.11 Å². The molecule has 0 atom stereocenters. The zero-order chi connectivity index (χ0) is 6.24. The van der Waals surface area contributed by atoms with Crippen molar-refractivity contribution in [2.75, 3.05) is 20.5 Å². The van der Waals surface area contributed by atoms with Gasteiger partial charge in [-0.3, -0.25) is 4.79 Å². The lowest BCUT2D eigenvalue weighted by atomic mass is 10.5. The van der Waals surface area contributed by atoms with Gasteiger partial charge in [0.1, 0.15) is 6.79 Å². The zero-order valence-corrected chi connectivity index (χ0v) is 4.85. The van der Waals surface area contributed by atoms with Gasteiger partial charge < -0.3 is 9.47 Å². The van der Waals surface area contributed by atoms with Crippen LogP contribution in [0.15, 0.2) is 0 Å². The minimum atomic E-state index is 0.252. The Morgan fingerprint density at radius 2 is 2.38 bits per heavy atom. The highest BCUT2D eigenvalue weighted by Crippen LogP contribution is 1.76. The Morgan fingerprint density at radius 1 is 1.62 bits per heavy atom. The molecule has 0 N–H and O–H groups in total. The molecule has 0 saturated heterocycles. The summed E-state index contributed by atoms with van der Waals surface area (Å²) in [6.07, 6.45) is 2.02. The molecule has 0 fully saturated rings. The van der Waals surface area contributed by atoms with Gasteiger partial charge in [-0.05, 0) is 0 Å². The molecule has 0 aromatic carbocycles. The van der Waals surface area contributed by atoms with E-state index in [4.69, 9.17) is 4.74 Å². The van der Waals surface area contributed by atoms with Gasteiger partial charge in [0.05, 0.1) is 6.61 Å². The molecule has 1 radical (unpaired) electrons. The van der Waals surface area contributed by atoms with Crippen LogP contribution in [-0.4, -0.2) is 26.8 Å². The van der Waals surface area contributed by atoms with Crippen LogP contribution in [0.1, 0.15) is 6.42 Å². The van der Waals surface area contributed by atoms with Crippen LogP contribution >= 0.6 is 0 Å². The molecule has 0 aliphatic rings. The van der Waals surface area contributed by atoms with Crippen LogP contribution in [0.4, 0.5) is 0 Å². The Morgan fingerprint density at radius 3 is 2.88 bits per heavy atom. The van der Waals surface area contributed by atoms with Crippen molar-refractivity contribution in [1.82, 2.24) is 0 Å². The SMILES string of the molecule is COCOCC[C]=O. The van der Waals surface area contributed by atoms with Crippen LogP contribution in [0.3, 0.4) is 0 Å². The summed E-state index contributed by atoms with van der Waals surface area (Å²) in [7, 11) is 1.53. The number of methoxy groups -OCH3 is 1. The van der Waals surface area contributed by atoms with E-state index < -0.39 is 0 Å². The Labute approximate surface area is 48.6 Å². The van der Waals surface area contributed by atoms with E-state index in [1.54, 1.807) is 6.29 Å². The van der Waals surface area contributed by atoms with Crippen LogP contribution in [0, 0.1) is 0 Å². The summed E-state index contributed by atoms with van der Waals surface area (Å²) in [5, 5.41) is 0. The van der Waals surface area contributed by atoms with Crippen LogP contribution in [-0.2, 0) is 14.3 Å². The zero-order valence-electron chi connectivity index (χ0n) is 4.85. The molecule has 0 saturated carbocycles. The van der Waals surface area contributed by atoms with Gasteiger partial charge in [0.15, 0.2) is 0 Å². The first-order chi connectivity index (χ1) is 3.91. The Balaban J connectivity index is 2.62. The Hall–Kier alpha value is -0.410. The molecule has 8 heavy (non-hydrogen) atoms. The largest absolute Gasteiger partial charge is 0.359 e. The number of rotatable bonds is 5. The summed E-state index contributed by atoms with van der Waals surface area (Å²) in [6.45, 7) is 0.652. The van der Waals surface area contributed by atoms with Crippen molar-refractivity contribution in [2.45, 2.75) is 6.42 Å². The third kappa shape index (κ3) is 5.59. The molecule has 0 rings (SSSR count). The van der Waals surface area contributed by atoms with Crippen LogP contribution < -0.4 is 0 Å². The van der Waals surface area contributed by atoms with Crippen molar-refractivity contribution in [3.63, 3.8) is 0 Å². The van der Waals surface area contributed by atoms with Gasteiger partial charge in [-0.1, -0.05) is 0 Å². The molecule has 0 spiro atoms. The molecular weight excluding hydrogens is 108 g/mol. The van der Waals surface area contributed by atoms with Gasteiger partial charge in [0, 0.05) is 13.5 Å². The van der Waals surface area contributed by atoms with Crippen molar-refractivity contribution in [3.05, 3.63) is 0 Å². The molecule has 0 aromatic heterocycles. The van der Waals surface area contributed by atoms with Gasteiger partial charge in [0.2, 0.25) is 6.29 Å². The first-order valence-corrected chi connectivity index (χ1v) is 2.33. The smallest absolute Gasteiger partial charge is 0.200 e. The lowest BCUT2D eigenvalue weighted by Gasteiger charge is -1.95. The standard InChI is InChI=1S/C5H9O3/c1-7-5-8-4-2-3-6/h2,4-5H2,1H3. The fourth-order valence-corrected chi connectivity index (χ4v) is 0.256. The van der Waals surface area contributed by atoms with Crippen molar-refractivity contribution in [2.24, 2.45) is 0 Å². The van der Waals surface area contributed by atoms with E-state index in [2.05, 4.69) is 4.74 Å². The summed E-state index contributed by atoms with van der Waals surface area (Å²) in [5.41, 5.74) is 0. The lowest BCUT2D eigenvalue weighted by molar-refractivity contribution is -0.0276. The molecule has 0 aliphatic heterocycles. The van der Waals surface area contributed by atoms with E-state index in [9.17, 15) is 4.79 Å². The fraction of sp³-hybridized carbons (Fsp3) is 0.800. The third-order valence-corrected chi connectivity index (χ3v) is 0.550. The second-order valence-corrected chi connectivity index (χ2v) is 1.21. The van der Waals surface area contributed by atoms with Gasteiger partial charge in [-0.25, -0.2) is 0 Å². The Bertz CT molecular complexity index is 53.6. The molecule has 0 bridgehead atoms. The van der Waals surface area contributed by atoms with Gasteiger partial charge in [-0.2, -0.15) is 0 Å². The number of hydrogen-bond donors (Lipinski definition) is 0. The van der Waals surface area contributed by atoms with Crippen molar-refractivity contribution >= 4 is 6.29 Å². The maximum absolute atomic E-state index is 9.52. The van der Waals surface area contributed by atoms with E-state index in [-0.39, 0.29) is 6.79 Å². The molecule has 0 aromatic rings. The maximum atomic E-state index is 9.52. The molecule has 0 unspecified atom stereocenters. The minimum Gasteiger partial charge on any atom is -0.359 e. The topological polar surface area (TPSA) is 35.5 Å².